The monoisotopic (exact) mass is 215 g/mol. The maximum absolute atomic E-state index is 6.58. The summed E-state index contributed by atoms with van der Waals surface area (Å²) in [6.07, 6.45) is 11.0. The van der Waals surface area contributed by atoms with Crippen molar-refractivity contribution in [3.63, 3.8) is 0 Å². The molecule has 0 unspecified atom stereocenters. The first-order valence-electron chi connectivity index (χ1n) is 6.25. The van der Waals surface area contributed by atoms with Gasteiger partial charge in [-0.25, -0.2) is 0 Å². The summed E-state index contributed by atoms with van der Waals surface area (Å²) in [6.45, 7) is 1.18. The van der Waals surface area contributed by atoms with Crippen molar-refractivity contribution in [1.29, 1.82) is 0 Å². The van der Waals surface area contributed by atoms with Gasteiger partial charge >= 0.3 is 0 Å². The van der Waals surface area contributed by atoms with Crippen LogP contribution in [0.2, 0.25) is 0 Å². The molecule has 1 saturated heterocycles. The van der Waals surface area contributed by atoms with Crippen LogP contribution in [0.4, 0.5) is 0 Å². The number of nitrogens with one attached hydrogen (secondary N) is 1. The third kappa shape index (κ3) is 2.64. The smallest absolute Gasteiger partial charge is 0.0517 e. The highest BCUT2D eigenvalue weighted by atomic mass is 35.5. The van der Waals surface area contributed by atoms with Crippen molar-refractivity contribution in [3.05, 3.63) is 0 Å². The van der Waals surface area contributed by atoms with Crippen LogP contribution in [0.5, 0.6) is 0 Å². The van der Waals surface area contributed by atoms with Crippen molar-refractivity contribution in [2.45, 2.75) is 62.8 Å². The highest BCUT2D eigenvalue weighted by Crippen LogP contribution is 2.32. The van der Waals surface area contributed by atoms with Gasteiger partial charge in [0.25, 0.3) is 0 Å². The first-order valence-corrected chi connectivity index (χ1v) is 6.69. The molecule has 0 spiro atoms. The van der Waals surface area contributed by atoms with Gasteiger partial charge in [0.05, 0.1) is 5.38 Å². The van der Waals surface area contributed by atoms with Crippen LogP contribution in [0, 0.1) is 5.92 Å². The molecule has 1 nitrogen and oxygen atoms in total. The first-order chi connectivity index (χ1) is 6.88. The van der Waals surface area contributed by atoms with Crippen LogP contribution >= 0.6 is 11.6 Å². The Morgan fingerprint density at radius 1 is 0.929 bits per heavy atom. The standard InChI is InChI=1S/C12H22ClN/c13-12(10-6-2-1-3-7-10)11-8-4-5-9-14-11/h10-12,14H,1-9H2/t11-,12-/m1/s1. The van der Waals surface area contributed by atoms with Crippen LogP contribution in [0.25, 0.3) is 0 Å². The number of hydrogen-bond donors (Lipinski definition) is 1. The van der Waals surface area contributed by atoms with Gasteiger partial charge in [0.2, 0.25) is 0 Å². The zero-order valence-corrected chi connectivity index (χ0v) is 9.73. The molecule has 1 N–H and O–H groups in total. The summed E-state index contributed by atoms with van der Waals surface area (Å²) in [5.41, 5.74) is 0. The number of rotatable bonds is 2. The highest BCUT2D eigenvalue weighted by Gasteiger charge is 2.29. The summed E-state index contributed by atoms with van der Waals surface area (Å²) in [6, 6.07) is 0.605. The van der Waals surface area contributed by atoms with Crippen LogP contribution in [0.1, 0.15) is 51.4 Å². The molecule has 1 aliphatic heterocycles. The molecule has 82 valence electrons. The van der Waals surface area contributed by atoms with Crippen LogP contribution in [-0.4, -0.2) is 18.0 Å². The minimum atomic E-state index is 0.399. The van der Waals surface area contributed by atoms with E-state index in [9.17, 15) is 0 Å². The molecule has 0 amide bonds. The summed E-state index contributed by atoms with van der Waals surface area (Å²) >= 11 is 6.58. The van der Waals surface area contributed by atoms with Crippen LogP contribution in [-0.2, 0) is 0 Å². The van der Waals surface area contributed by atoms with Crippen molar-refractivity contribution in [2.75, 3.05) is 6.54 Å². The Morgan fingerprint density at radius 3 is 2.29 bits per heavy atom. The Hall–Kier alpha value is 0.250. The van der Waals surface area contributed by atoms with Crippen molar-refractivity contribution >= 4 is 11.6 Å². The average Bonchev–Trinajstić information content (AvgIpc) is 2.30. The Balaban J connectivity index is 1.82. The molecule has 0 aromatic carbocycles. The summed E-state index contributed by atoms with van der Waals surface area (Å²) in [5, 5.41) is 3.98. The molecule has 1 heterocycles. The largest absolute Gasteiger partial charge is 0.313 e. The van der Waals surface area contributed by atoms with E-state index in [1.807, 2.05) is 0 Å². The molecule has 14 heavy (non-hydrogen) atoms. The van der Waals surface area contributed by atoms with E-state index in [2.05, 4.69) is 5.32 Å². The van der Waals surface area contributed by atoms with Crippen molar-refractivity contribution in [2.24, 2.45) is 5.92 Å². The molecule has 0 bridgehead atoms. The predicted octanol–water partition coefficient (Wildman–Crippen LogP) is 3.32. The minimum Gasteiger partial charge on any atom is -0.313 e. The fourth-order valence-corrected chi connectivity index (χ4v) is 3.40. The molecule has 2 rings (SSSR count). The maximum atomic E-state index is 6.58. The van der Waals surface area contributed by atoms with Crippen LogP contribution < -0.4 is 5.32 Å². The summed E-state index contributed by atoms with van der Waals surface area (Å²) in [7, 11) is 0. The lowest BCUT2D eigenvalue weighted by Crippen LogP contribution is -2.44. The second-order valence-electron chi connectivity index (χ2n) is 4.90. The van der Waals surface area contributed by atoms with E-state index in [4.69, 9.17) is 11.6 Å². The lowest BCUT2D eigenvalue weighted by molar-refractivity contribution is 0.279. The van der Waals surface area contributed by atoms with Crippen molar-refractivity contribution in [3.8, 4) is 0 Å². The zero-order chi connectivity index (χ0) is 9.80. The van der Waals surface area contributed by atoms with Gasteiger partial charge in [-0.2, -0.15) is 0 Å². The fraction of sp³-hybridized carbons (Fsp3) is 1.00. The zero-order valence-electron chi connectivity index (χ0n) is 8.97. The topological polar surface area (TPSA) is 12.0 Å². The number of hydrogen-bond acceptors (Lipinski definition) is 1. The lowest BCUT2D eigenvalue weighted by atomic mass is 9.83. The molecule has 0 aromatic rings. The SMILES string of the molecule is Cl[C@H](C1CCCCC1)[C@H]1CCCCN1. The third-order valence-corrected chi connectivity index (χ3v) is 4.49. The Labute approximate surface area is 92.6 Å². The summed E-state index contributed by atoms with van der Waals surface area (Å²) < 4.78 is 0. The van der Waals surface area contributed by atoms with Crippen LogP contribution in [0.15, 0.2) is 0 Å². The van der Waals surface area contributed by atoms with E-state index in [1.54, 1.807) is 0 Å². The number of halogens is 1. The highest BCUT2D eigenvalue weighted by molar-refractivity contribution is 6.21. The van der Waals surface area contributed by atoms with Crippen molar-refractivity contribution < 1.29 is 0 Å². The lowest BCUT2D eigenvalue weighted by Gasteiger charge is -2.34. The molecular formula is C12H22ClN. The molecule has 2 aliphatic rings. The maximum Gasteiger partial charge on any atom is 0.0517 e. The van der Waals surface area contributed by atoms with Gasteiger partial charge in [0, 0.05) is 6.04 Å². The molecule has 0 aromatic heterocycles. The Bertz CT molecular complexity index is 142. The van der Waals surface area contributed by atoms with E-state index in [0.717, 1.165) is 5.92 Å². The molecular weight excluding hydrogens is 194 g/mol. The minimum absolute atomic E-state index is 0.399. The van der Waals surface area contributed by atoms with Gasteiger partial charge in [-0.15, -0.1) is 11.6 Å². The fourth-order valence-electron chi connectivity index (χ4n) is 2.93. The van der Waals surface area contributed by atoms with Crippen molar-refractivity contribution in [1.82, 2.24) is 5.32 Å². The van der Waals surface area contributed by atoms with Gasteiger partial charge in [-0.3, -0.25) is 0 Å². The molecule has 2 heteroatoms. The first kappa shape index (κ1) is 10.8. The molecule has 2 fully saturated rings. The molecule has 1 aliphatic carbocycles. The number of alkyl halides is 1. The second-order valence-corrected chi connectivity index (χ2v) is 5.40. The van der Waals surface area contributed by atoms with Gasteiger partial charge in [-0.1, -0.05) is 25.7 Å². The van der Waals surface area contributed by atoms with E-state index in [-0.39, 0.29) is 0 Å². The van der Waals surface area contributed by atoms with E-state index in [1.165, 1.54) is 57.9 Å². The van der Waals surface area contributed by atoms with E-state index in [0.29, 0.717) is 11.4 Å². The molecule has 2 atom stereocenters. The Morgan fingerprint density at radius 2 is 1.64 bits per heavy atom. The van der Waals surface area contributed by atoms with E-state index >= 15 is 0 Å². The molecule has 0 radical (unpaired) electrons. The van der Waals surface area contributed by atoms with Gasteiger partial charge in [-0.05, 0) is 38.1 Å². The van der Waals surface area contributed by atoms with Gasteiger partial charge in [0.1, 0.15) is 0 Å². The third-order valence-electron chi connectivity index (χ3n) is 3.83. The quantitative estimate of drug-likeness (QED) is 0.697. The summed E-state index contributed by atoms with van der Waals surface area (Å²) in [5.74, 6) is 0.793. The van der Waals surface area contributed by atoms with Crippen LogP contribution in [0.3, 0.4) is 0 Å². The normalized spacial score (nSPS) is 32.8. The van der Waals surface area contributed by atoms with Gasteiger partial charge in [0.15, 0.2) is 0 Å². The predicted molar refractivity (Wildman–Crippen MR) is 61.9 cm³/mol. The van der Waals surface area contributed by atoms with E-state index < -0.39 is 0 Å². The van der Waals surface area contributed by atoms with Gasteiger partial charge < -0.3 is 5.32 Å². The average molecular weight is 216 g/mol. The Kier molecular flexibility index (Phi) is 4.12. The summed E-state index contributed by atoms with van der Waals surface area (Å²) in [4.78, 5) is 0. The molecule has 1 saturated carbocycles. The number of piperidine rings is 1. The second kappa shape index (κ2) is 5.37.